The predicted molar refractivity (Wildman–Crippen MR) is 75.4 cm³/mol. The summed E-state index contributed by atoms with van der Waals surface area (Å²) in [6, 6.07) is 1.50. The zero-order chi connectivity index (χ0) is 12.7. The average molecular weight is 244 g/mol. The molecule has 1 saturated carbocycles. The molecule has 104 valence electrons. The van der Waals surface area contributed by atoms with Crippen molar-refractivity contribution >= 4 is 0 Å². The number of hydrogen-bond acceptors (Lipinski definition) is 3. The fourth-order valence-electron chi connectivity index (χ4n) is 2.65. The summed E-state index contributed by atoms with van der Waals surface area (Å²) in [6.07, 6.45) is 8.03. The van der Waals surface area contributed by atoms with Gasteiger partial charge in [0, 0.05) is 26.6 Å². The van der Waals surface area contributed by atoms with Crippen LogP contribution in [0.2, 0.25) is 0 Å². The molecule has 1 aliphatic heterocycles. The zero-order valence-corrected chi connectivity index (χ0v) is 11.8. The van der Waals surface area contributed by atoms with Crippen molar-refractivity contribution in [3.8, 4) is 0 Å². The third-order valence-electron chi connectivity index (χ3n) is 3.54. The van der Waals surface area contributed by atoms with Gasteiger partial charge in [0.15, 0.2) is 0 Å². The van der Waals surface area contributed by atoms with Gasteiger partial charge in [-0.05, 0) is 26.3 Å². The molecule has 3 heteroatoms. The van der Waals surface area contributed by atoms with Crippen LogP contribution in [-0.2, 0) is 0 Å². The summed E-state index contributed by atoms with van der Waals surface area (Å²) in [7, 11) is 2.02. The topological polar surface area (TPSA) is 35.5 Å². The van der Waals surface area contributed by atoms with E-state index in [2.05, 4.69) is 24.1 Å². The van der Waals surface area contributed by atoms with Gasteiger partial charge in [-0.25, -0.2) is 0 Å². The van der Waals surface area contributed by atoms with Crippen molar-refractivity contribution < 1.29 is 6.53 Å². The Hall–Kier alpha value is -0.120. The number of rotatable bonds is 2. The van der Waals surface area contributed by atoms with Crippen molar-refractivity contribution in [2.75, 3.05) is 20.1 Å². The zero-order valence-electron chi connectivity index (χ0n) is 11.8. The lowest BCUT2D eigenvalue weighted by atomic mass is 9.95. The second kappa shape index (κ2) is 8.06. The average Bonchev–Trinajstić information content (AvgIpc) is 2.64. The van der Waals surface area contributed by atoms with Gasteiger partial charge in [0.2, 0.25) is 0 Å². The molecule has 17 heavy (non-hydrogen) atoms. The monoisotopic (exact) mass is 244 g/mol. The van der Waals surface area contributed by atoms with Crippen molar-refractivity contribution in [3.05, 3.63) is 0 Å². The molecule has 2 rings (SSSR count). The van der Waals surface area contributed by atoms with E-state index in [-0.39, 0.29) is 7.53 Å². The van der Waals surface area contributed by atoms with Crippen molar-refractivity contribution in [2.45, 2.75) is 70.6 Å². The second-order valence-electron chi connectivity index (χ2n) is 5.86. The van der Waals surface area contributed by atoms with Crippen molar-refractivity contribution in [2.24, 2.45) is 0 Å². The standard InChI is InChI=1S/C9H19N.C5H11NO.H2/c1-8(2)10-9-6-4-3-5-7-9;1-6-3-2-5(7)4-6;/h8-10H,3-7H2,1-2H3;5,7H,2-4H2,1H3;1H. The van der Waals surface area contributed by atoms with E-state index in [1.807, 2.05) is 7.05 Å². The summed E-state index contributed by atoms with van der Waals surface area (Å²) in [5, 5.41) is 12.4. The first-order valence-corrected chi connectivity index (χ1v) is 7.20. The Morgan fingerprint density at radius 1 is 1.18 bits per heavy atom. The highest BCUT2D eigenvalue weighted by molar-refractivity contribution is 4.73. The number of nitrogens with one attached hydrogen (secondary N) is 1. The number of aliphatic hydroxyl groups excluding tert-OH is 1. The van der Waals surface area contributed by atoms with Gasteiger partial charge in [0.05, 0.1) is 6.10 Å². The van der Waals surface area contributed by atoms with Gasteiger partial charge in [-0.1, -0.05) is 33.1 Å². The van der Waals surface area contributed by atoms with Crippen LogP contribution in [0.25, 0.3) is 0 Å². The smallest absolute Gasteiger partial charge is 0.0679 e. The number of nitrogens with zero attached hydrogens (tertiary/aromatic N) is 1. The van der Waals surface area contributed by atoms with E-state index in [1.165, 1.54) is 32.1 Å². The summed E-state index contributed by atoms with van der Waals surface area (Å²) in [6.45, 7) is 6.38. The van der Waals surface area contributed by atoms with Crippen LogP contribution in [0, 0.1) is 0 Å². The minimum absolute atomic E-state index is 0. The molecule has 2 fully saturated rings. The summed E-state index contributed by atoms with van der Waals surface area (Å²) in [5.41, 5.74) is 0. The third-order valence-corrected chi connectivity index (χ3v) is 3.54. The van der Waals surface area contributed by atoms with Crippen molar-refractivity contribution in [3.63, 3.8) is 0 Å². The van der Waals surface area contributed by atoms with Gasteiger partial charge in [0.25, 0.3) is 0 Å². The van der Waals surface area contributed by atoms with Crippen molar-refractivity contribution in [1.29, 1.82) is 0 Å². The van der Waals surface area contributed by atoms with Crippen LogP contribution in [0.15, 0.2) is 0 Å². The molecule has 1 aliphatic carbocycles. The van der Waals surface area contributed by atoms with Gasteiger partial charge in [-0.3, -0.25) is 0 Å². The van der Waals surface area contributed by atoms with Crippen LogP contribution < -0.4 is 5.32 Å². The highest BCUT2D eigenvalue weighted by Gasteiger charge is 2.15. The maximum absolute atomic E-state index is 8.86. The molecule has 0 spiro atoms. The summed E-state index contributed by atoms with van der Waals surface area (Å²) in [5.74, 6) is 0. The second-order valence-corrected chi connectivity index (χ2v) is 5.86. The number of likely N-dealkylation sites (tertiary alicyclic amines) is 1. The molecule has 0 aromatic heterocycles. The lowest BCUT2D eigenvalue weighted by Crippen LogP contribution is -2.35. The normalized spacial score (nSPS) is 27.0. The SMILES string of the molecule is CC(C)NC1CCCCC1.CN1CCC(O)C1.[HH]. The van der Waals surface area contributed by atoms with E-state index < -0.39 is 0 Å². The van der Waals surface area contributed by atoms with Crippen LogP contribution in [-0.4, -0.2) is 48.3 Å². The number of hydrogen-bond donors (Lipinski definition) is 2. The Bertz CT molecular complexity index is 188. The third kappa shape index (κ3) is 7.02. The van der Waals surface area contributed by atoms with E-state index in [1.54, 1.807) is 0 Å². The Balaban J connectivity index is 0.000000321. The van der Waals surface area contributed by atoms with E-state index in [0.29, 0.717) is 6.04 Å². The van der Waals surface area contributed by atoms with E-state index >= 15 is 0 Å². The summed E-state index contributed by atoms with van der Waals surface area (Å²) < 4.78 is 0. The molecular formula is C14H32N2O. The maximum atomic E-state index is 8.86. The molecule has 2 N–H and O–H groups in total. The molecule has 2 aliphatic rings. The minimum Gasteiger partial charge on any atom is -0.392 e. The summed E-state index contributed by atoms with van der Waals surface area (Å²) >= 11 is 0. The largest absolute Gasteiger partial charge is 0.392 e. The molecule has 1 heterocycles. The Morgan fingerprint density at radius 2 is 1.82 bits per heavy atom. The Kier molecular flexibility index (Phi) is 7.09. The Labute approximate surface area is 108 Å². The molecule has 0 aromatic carbocycles. The lowest BCUT2D eigenvalue weighted by Gasteiger charge is -2.24. The van der Waals surface area contributed by atoms with Crippen LogP contribution >= 0.6 is 0 Å². The van der Waals surface area contributed by atoms with E-state index in [9.17, 15) is 0 Å². The first-order valence-electron chi connectivity index (χ1n) is 7.20. The van der Waals surface area contributed by atoms with Crippen LogP contribution in [0.3, 0.4) is 0 Å². The van der Waals surface area contributed by atoms with Gasteiger partial charge in [-0.2, -0.15) is 0 Å². The number of aliphatic hydroxyl groups is 1. The van der Waals surface area contributed by atoms with Gasteiger partial charge in [-0.15, -0.1) is 0 Å². The number of β-amino-alcohol motifs (C(OH)–C–C–N with tert-alkyl or cyclic N) is 1. The first-order chi connectivity index (χ1) is 8.08. The molecular weight excluding hydrogens is 212 g/mol. The lowest BCUT2D eigenvalue weighted by molar-refractivity contribution is 0.183. The molecule has 0 bridgehead atoms. The molecule has 3 nitrogen and oxygen atoms in total. The Morgan fingerprint density at radius 3 is 2.18 bits per heavy atom. The number of likely N-dealkylation sites (N-methyl/N-ethyl adjacent to an activating group) is 1. The molecule has 0 amide bonds. The van der Waals surface area contributed by atoms with Crippen LogP contribution in [0.1, 0.15) is 53.8 Å². The van der Waals surface area contributed by atoms with Crippen molar-refractivity contribution in [1.82, 2.24) is 10.2 Å². The first kappa shape index (κ1) is 14.9. The summed E-state index contributed by atoms with van der Waals surface area (Å²) in [4.78, 5) is 2.13. The maximum Gasteiger partial charge on any atom is 0.0679 e. The quantitative estimate of drug-likeness (QED) is 0.782. The molecule has 0 aromatic rings. The molecule has 1 unspecified atom stereocenters. The van der Waals surface area contributed by atoms with Gasteiger partial charge in [0.1, 0.15) is 0 Å². The highest BCUT2D eigenvalue weighted by atomic mass is 16.3. The van der Waals surface area contributed by atoms with Crippen LogP contribution in [0.4, 0.5) is 0 Å². The molecule has 1 saturated heterocycles. The molecule has 1 atom stereocenters. The van der Waals surface area contributed by atoms with Crippen LogP contribution in [0.5, 0.6) is 0 Å². The fourth-order valence-corrected chi connectivity index (χ4v) is 2.65. The fraction of sp³-hybridized carbons (Fsp3) is 1.00. The van der Waals surface area contributed by atoms with E-state index in [0.717, 1.165) is 25.6 Å². The van der Waals surface area contributed by atoms with E-state index in [4.69, 9.17) is 5.11 Å². The van der Waals surface area contributed by atoms with Gasteiger partial charge >= 0.3 is 0 Å². The molecule has 0 radical (unpaired) electrons. The predicted octanol–water partition coefficient (Wildman–Crippen LogP) is 2.25. The minimum atomic E-state index is -0.0509. The highest BCUT2D eigenvalue weighted by Crippen LogP contribution is 2.17. The van der Waals surface area contributed by atoms with Gasteiger partial charge < -0.3 is 15.3 Å².